The number of hydrogen-bond donors (Lipinski definition) is 3. The molecule has 4 N–H and O–H groups in total. The molecule has 0 aliphatic carbocycles. The van der Waals surface area contributed by atoms with Crippen molar-refractivity contribution in [3.8, 4) is 11.3 Å². The monoisotopic (exact) mass is 231 g/mol. The highest BCUT2D eigenvalue weighted by Crippen LogP contribution is 2.21. The summed E-state index contributed by atoms with van der Waals surface area (Å²) in [6.07, 6.45) is 1.74. The van der Waals surface area contributed by atoms with E-state index in [1.807, 2.05) is 31.2 Å². The minimum Gasteiger partial charge on any atom is -0.394 e. The van der Waals surface area contributed by atoms with Crippen LogP contribution in [0.3, 0.4) is 0 Å². The molecule has 2 rings (SSSR count). The molecule has 90 valence electrons. The Hall–Kier alpha value is -1.65. The van der Waals surface area contributed by atoms with E-state index in [1.165, 1.54) is 5.56 Å². The predicted octanol–water partition coefficient (Wildman–Crippen LogP) is 1.55. The van der Waals surface area contributed by atoms with Gasteiger partial charge in [0.05, 0.1) is 24.0 Å². The number of aliphatic hydroxyl groups excluding tert-OH is 1. The Morgan fingerprint density at radius 1 is 1.35 bits per heavy atom. The number of aryl methyl sites for hydroxylation is 1. The topological polar surface area (TPSA) is 74.9 Å². The zero-order valence-corrected chi connectivity index (χ0v) is 10.1. The fraction of sp³-hybridized carbons (Fsp3) is 0.308. The van der Waals surface area contributed by atoms with Gasteiger partial charge in [-0.25, -0.2) is 4.98 Å². The number of aromatic nitrogens is 2. The molecule has 1 aromatic heterocycles. The molecule has 1 aromatic carbocycles. The van der Waals surface area contributed by atoms with E-state index < -0.39 is 5.54 Å². The first-order valence-corrected chi connectivity index (χ1v) is 5.55. The number of imidazole rings is 1. The molecule has 0 saturated heterocycles. The second-order valence-electron chi connectivity index (χ2n) is 4.59. The molecule has 17 heavy (non-hydrogen) atoms. The normalized spacial score (nSPS) is 14.6. The Morgan fingerprint density at radius 3 is 2.59 bits per heavy atom. The minimum absolute atomic E-state index is 0.145. The highest BCUT2D eigenvalue weighted by Gasteiger charge is 2.23. The lowest BCUT2D eigenvalue weighted by Crippen LogP contribution is -2.38. The zero-order valence-electron chi connectivity index (χ0n) is 10.1. The molecule has 0 bridgehead atoms. The molecular weight excluding hydrogens is 214 g/mol. The molecule has 0 saturated carbocycles. The van der Waals surface area contributed by atoms with Gasteiger partial charge in [-0.05, 0) is 19.4 Å². The molecule has 1 unspecified atom stereocenters. The Labute approximate surface area is 101 Å². The van der Waals surface area contributed by atoms with Gasteiger partial charge >= 0.3 is 0 Å². The SMILES string of the molecule is Cc1ccc(-c2cnc(C(C)(N)CO)[nH]2)cc1. The summed E-state index contributed by atoms with van der Waals surface area (Å²) in [5, 5.41) is 9.18. The first kappa shape index (κ1) is 11.8. The summed E-state index contributed by atoms with van der Waals surface area (Å²) in [5.74, 6) is 0.593. The molecule has 0 aliphatic heterocycles. The van der Waals surface area contributed by atoms with E-state index in [0.717, 1.165) is 11.3 Å². The lowest BCUT2D eigenvalue weighted by molar-refractivity contribution is 0.204. The summed E-state index contributed by atoms with van der Waals surface area (Å²) in [6, 6.07) is 8.14. The molecule has 0 amide bonds. The average molecular weight is 231 g/mol. The number of hydrogen-bond acceptors (Lipinski definition) is 3. The summed E-state index contributed by atoms with van der Waals surface area (Å²) in [7, 11) is 0. The third kappa shape index (κ3) is 2.38. The molecule has 0 aliphatic rings. The van der Waals surface area contributed by atoms with Gasteiger partial charge in [0.25, 0.3) is 0 Å². The quantitative estimate of drug-likeness (QED) is 0.750. The lowest BCUT2D eigenvalue weighted by atomic mass is 10.1. The highest BCUT2D eigenvalue weighted by molar-refractivity contribution is 5.58. The Bertz CT molecular complexity index is 500. The number of rotatable bonds is 3. The van der Waals surface area contributed by atoms with Crippen LogP contribution in [-0.2, 0) is 5.54 Å². The molecule has 1 heterocycles. The summed E-state index contributed by atoms with van der Waals surface area (Å²) in [5.41, 5.74) is 8.26. The molecule has 0 radical (unpaired) electrons. The first-order chi connectivity index (χ1) is 8.03. The van der Waals surface area contributed by atoms with E-state index in [2.05, 4.69) is 9.97 Å². The van der Waals surface area contributed by atoms with E-state index in [9.17, 15) is 5.11 Å². The fourth-order valence-electron chi connectivity index (χ4n) is 1.57. The van der Waals surface area contributed by atoms with Crippen LogP contribution in [-0.4, -0.2) is 21.7 Å². The highest BCUT2D eigenvalue weighted by atomic mass is 16.3. The number of aromatic amines is 1. The Balaban J connectivity index is 2.33. The van der Waals surface area contributed by atoms with Gasteiger partial charge in [0.1, 0.15) is 5.82 Å². The molecule has 4 nitrogen and oxygen atoms in total. The molecule has 4 heteroatoms. The minimum atomic E-state index is -0.830. The van der Waals surface area contributed by atoms with Gasteiger partial charge < -0.3 is 15.8 Å². The van der Waals surface area contributed by atoms with Crippen LogP contribution >= 0.6 is 0 Å². The van der Waals surface area contributed by atoms with Crippen LogP contribution < -0.4 is 5.73 Å². The molecular formula is C13H17N3O. The van der Waals surface area contributed by atoms with Crippen molar-refractivity contribution in [1.29, 1.82) is 0 Å². The third-order valence-electron chi connectivity index (χ3n) is 2.81. The van der Waals surface area contributed by atoms with Gasteiger partial charge in [0.2, 0.25) is 0 Å². The summed E-state index contributed by atoms with van der Waals surface area (Å²) >= 11 is 0. The van der Waals surface area contributed by atoms with Crippen molar-refractivity contribution in [2.75, 3.05) is 6.61 Å². The van der Waals surface area contributed by atoms with E-state index in [4.69, 9.17) is 5.73 Å². The molecule has 0 spiro atoms. The fourth-order valence-corrected chi connectivity index (χ4v) is 1.57. The van der Waals surface area contributed by atoms with Crippen LogP contribution in [0.15, 0.2) is 30.5 Å². The van der Waals surface area contributed by atoms with Crippen molar-refractivity contribution in [3.05, 3.63) is 41.9 Å². The van der Waals surface area contributed by atoms with Crippen LogP contribution in [0.1, 0.15) is 18.3 Å². The van der Waals surface area contributed by atoms with Gasteiger partial charge in [-0.2, -0.15) is 0 Å². The molecule has 0 fully saturated rings. The maximum Gasteiger partial charge on any atom is 0.128 e. The summed E-state index contributed by atoms with van der Waals surface area (Å²) in [4.78, 5) is 7.36. The van der Waals surface area contributed by atoms with Crippen molar-refractivity contribution in [1.82, 2.24) is 9.97 Å². The summed E-state index contributed by atoms with van der Waals surface area (Å²) in [6.45, 7) is 3.64. The number of nitrogens with zero attached hydrogens (tertiary/aromatic N) is 1. The third-order valence-corrected chi connectivity index (χ3v) is 2.81. The van der Waals surface area contributed by atoms with E-state index in [0.29, 0.717) is 5.82 Å². The second-order valence-corrected chi connectivity index (χ2v) is 4.59. The van der Waals surface area contributed by atoms with Gasteiger partial charge in [-0.3, -0.25) is 0 Å². The van der Waals surface area contributed by atoms with Gasteiger partial charge in [-0.15, -0.1) is 0 Å². The zero-order chi connectivity index (χ0) is 12.5. The summed E-state index contributed by atoms with van der Waals surface area (Å²) < 4.78 is 0. The molecule has 1 atom stereocenters. The van der Waals surface area contributed by atoms with E-state index >= 15 is 0 Å². The largest absolute Gasteiger partial charge is 0.394 e. The number of H-pyrrole nitrogens is 1. The maximum atomic E-state index is 9.18. The Kier molecular flexibility index (Phi) is 3.00. The molecule has 2 aromatic rings. The number of benzene rings is 1. The standard InChI is InChI=1S/C13H17N3O/c1-9-3-5-10(6-4-9)11-7-15-12(16-11)13(2,14)8-17/h3-7,17H,8,14H2,1-2H3,(H,15,16). The van der Waals surface area contributed by atoms with E-state index in [1.54, 1.807) is 13.1 Å². The number of aliphatic hydroxyl groups is 1. The van der Waals surface area contributed by atoms with Crippen LogP contribution in [0.4, 0.5) is 0 Å². The lowest BCUT2D eigenvalue weighted by Gasteiger charge is -2.18. The Morgan fingerprint density at radius 2 is 2.00 bits per heavy atom. The van der Waals surface area contributed by atoms with Crippen LogP contribution in [0, 0.1) is 6.92 Å². The van der Waals surface area contributed by atoms with Crippen molar-refractivity contribution in [2.24, 2.45) is 5.73 Å². The van der Waals surface area contributed by atoms with Crippen molar-refractivity contribution < 1.29 is 5.11 Å². The number of nitrogens with two attached hydrogens (primary N) is 1. The van der Waals surface area contributed by atoms with Crippen LogP contribution in [0.2, 0.25) is 0 Å². The van der Waals surface area contributed by atoms with Gasteiger partial charge in [-0.1, -0.05) is 29.8 Å². The van der Waals surface area contributed by atoms with Crippen molar-refractivity contribution >= 4 is 0 Å². The number of nitrogens with one attached hydrogen (secondary N) is 1. The van der Waals surface area contributed by atoms with Crippen LogP contribution in [0.5, 0.6) is 0 Å². The van der Waals surface area contributed by atoms with Crippen molar-refractivity contribution in [2.45, 2.75) is 19.4 Å². The smallest absolute Gasteiger partial charge is 0.128 e. The predicted molar refractivity (Wildman–Crippen MR) is 67.4 cm³/mol. The van der Waals surface area contributed by atoms with Crippen LogP contribution in [0.25, 0.3) is 11.3 Å². The van der Waals surface area contributed by atoms with Gasteiger partial charge in [0, 0.05) is 0 Å². The average Bonchev–Trinajstić information content (AvgIpc) is 2.80. The second kappa shape index (κ2) is 4.31. The van der Waals surface area contributed by atoms with Crippen molar-refractivity contribution in [3.63, 3.8) is 0 Å². The van der Waals surface area contributed by atoms with Gasteiger partial charge in [0.15, 0.2) is 0 Å². The first-order valence-electron chi connectivity index (χ1n) is 5.55. The van der Waals surface area contributed by atoms with E-state index in [-0.39, 0.29) is 6.61 Å². The maximum absolute atomic E-state index is 9.18.